The van der Waals surface area contributed by atoms with Gasteiger partial charge in [0.15, 0.2) is 0 Å². The van der Waals surface area contributed by atoms with Gasteiger partial charge in [-0.15, -0.1) is 0 Å². The van der Waals surface area contributed by atoms with Crippen LogP contribution in [0.15, 0.2) is 54.6 Å². The second-order valence-electron chi connectivity index (χ2n) is 9.72. The molecule has 1 atom stereocenters. The van der Waals surface area contributed by atoms with Gasteiger partial charge in [0.1, 0.15) is 11.7 Å². The van der Waals surface area contributed by atoms with Crippen molar-refractivity contribution in [2.24, 2.45) is 0 Å². The molecule has 0 spiro atoms. The standard InChI is InChI=1S/C26H33N3O4/c1-26(2,3)33-25(31)28-15-13-27(14-16-28)17-20-9-11-21(12-10-20)18-29-19-23(32-24(29)30)22-7-5-4-6-8-22/h4-12,23H,13-19H2,1-3H3. The van der Waals surface area contributed by atoms with Crippen LogP contribution < -0.4 is 0 Å². The minimum atomic E-state index is -0.468. The van der Waals surface area contributed by atoms with Crippen LogP contribution in [-0.4, -0.2) is 65.2 Å². The maximum atomic E-state index is 12.3. The first kappa shape index (κ1) is 23.1. The number of amides is 2. The normalized spacial score (nSPS) is 19.5. The lowest BCUT2D eigenvalue weighted by Gasteiger charge is -2.35. The van der Waals surface area contributed by atoms with E-state index >= 15 is 0 Å². The van der Waals surface area contributed by atoms with E-state index < -0.39 is 5.60 Å². The first-order valence-corrected chi connectivity index (χ1v) is 11.6. The number of benzene rings is 2. The number of nitrogens with zero attached hydrogens (tertiary/aromatic N) is 3. The van der Waals surface area contributed by atoms with Crippen LogP contribution in [0.3, 0.4) is 0 Å². The third-order valence-corrected chi connectivity index (χ3v) is 5.89. The molecule has 1 unspecified atom stereocenters. The van der Waals surface area contributed by atoms with Crippen molar-refractivity contribution in [3.63, 3.8) is 0 Å². The van der Waals surface area contributed by atoms with Gasteiger partial charge in [-0.3, -0.25) is 9.80 Å². The number of rotatable bonds is 5. The third kappa shape index (κ3) is 6.26. The second kappa shape index (κ2) is 9.83. The van der Waals surface area contributed by atoms with Crippen molar-refractivity contribution < 1.29 is 19.1 Å². The summed E-state index contributed by atoms with van der Waals surface area (Å²) >= 11 is 0. The van der Waals surface area contributed by atoms with E-state index in [1.54, 1.807) is 9.80 Å². The number of hydrogen-bond acceptors (Lipinski definition) is 5. The number of carbonyl (C=O) groups excluding carboxylic acids is 2. The summed E-state index contributed by atoms with van der Waals surface area (Å²) in [4.78, 5) is 30.4. The van der Waals surface area contributed by atoms with Crippen LogP contribution in [-0.2, 0) is 22.6 Å². The Bertz CT molecular complexity index is 948. The first-order chi connectivity index (χ1) is 15.8. The first-order valence-electron chi connectivity index (χ1n) is 11.6. The average molecular weight is 452 g/mol. The van der Waals surface area contributed by atoms with Crippen LogP contribution in [0.5, 0.6) is 0 Å². The minimum absolute atomic E-state index is 0.211. The maximum absolute atomic E-state index is 12.3. The number of piperazine rings is 1. The van der Waals surface area contributed by atoms with Crippen LogP contribution in [0.1, 0.15) is 43.6 Å². The zero-order valence-electron chi connectivity index (χ0n) is 19.7. The molecule has 2 heterocycles. The highest BCUT2D eigenvalue weighted by atomic mass is 16.6. The van der Waals surface area contributed by atoms with Gasteiger partial charge in [0, 0.05) is 39.3 Å². The maximum Gasteiger partial charge on any atom is 0.410 e. The molecule has 0 radical (unpaired) electrons. The minimum Gasteiger partial charge on any atom is -0.444 e. The number of cyclic esters (lactones) is 1. The van der Waals surface area contributed by atoms with Gasteiger partial charge in [0.2, 0.25) is 0 Å². The average Bonchev–Trinajstić information content (AvgIpc) is 3.15. The lowest BCUT2D eigenvalue weighted by molar-refractivity contribution is 0.0139. The van der Waals surface area contributed by atoms with Crippen molar-refractivity contribution in [3.05, 3.63) is 71.3 Å². The topological polar surface area (TPSA) is 62.3 Å². The Kier molecular flexibility index (Phi) is 6.88. The van der Waals surface area contributed by atoms with Crippen LogP contribution in [0.25, 0.3) is 0 Å². The van der Waals surface area contributed by atoms with Gasteiger partial charge < -0.3 is 14.4 Å². The molecule has 7 heteroatoms. The Labute approximate surface area is 195 Å². The van der Waals surface area contributed by atoms with Crippen molar-refractivity contribution in [2.75, 3.05) is 32.7 Å². The molecule has 0 aromatic heterocycles. The van der Waals surface area contributed by atoms with E-state index in [0.717, 1.165) is 30.8 Å². The molecule has 2 saturated heterocycles. The lowest BCUT2D eigenvalue weighted by Crippen LogP contribution is -2.49. The highest BCUT2D eigenvalue weighted by Crippen LogP contribution is 2.27. The molecule has 0 aliphatic carbocycles. The molecule has 2 aliphatic heterocycles. The monoisotopic (exact) mass is 451 g/mol. The van der Waals surface area contributed by atoms with Crippen molar-refractivity contribution in [3.8, 4) is 0 Å². The molecule has 7 nitrogen and oxygen atoms in total. The molecule has 4 rings (SSSR count). The quantitative estimate of drug-likeness (QED) is 0.673. The highest BCUT2D eigenvalue weighted by molar-refractivity contribution is 5.70. The Morgan fingerprint density at radius 2 is 1.55 bits per heavy atom. The molecule has 2 amide bonds. The van der Waals surface area contributed by atoms with Crippen LogP contribution >= 0.6 is 0 Å². The number of ether oxygens (including phenoxy) is 2. The Morgan fingerprint density at radius 1 is 0.939 bits per heavy atom. The van der Waals surface area contributed by atoms with Gasteiger partial charge in [0.05, 0.1) is 6.54 Å². The molecule has 2 fully saturated rings. The Morgan fingerprint density at radius 3 is 2.15 bits per heavy atom. The summed E-state index contributed by atoms with van der Waals surface area (Å²) in [6.45, 7) is 10.6. The largest absolute Gasteiger partial charge is 0.444 e. The van der Waals surface area contributed by atoms with E-state index in [4.69, 9.17) is 9.47 Å². The molecular weight excluding hydrogens is 418 g/mol. The van der Waals surface area contributed by atoms with E-state index in [1.807, 2.05) is 51.1 Å². The summed E-state index contributed by atoms with van der Waals surface area (Å²) in [6, 6.07) is 18.2. The molecular formula is C26H33N3O4. The van der Waals surface area contributed by atoms with Gasteiger partial charge in [-0.2, -0.15) is 0 Å². The summed E-state index contributed by atoms with van der Waals surface area (Å²) in [7, 11) is 0. The van der Waals surface area contributed by atoms with Gasteiger partial charge in [-0.25, -0.2) is 9.59 Å². The fraction of sp³-hybridized carbons (Fsp3) is 0.462. The van der Waals surface area contributed by atoms with E-state index in [-0.39, 0.29) is 18.3 Å². The molecule has 0 bridgehead atoms. The molecule has 0 saturated carbocycles. The summed E-state index contributed by atoms with van der Waals surface area (Å²) in [6.07, 6.45) is -0.713. The van der Waals surface area contributed by atoms with E-state index in [0.29, 0.717) is 26.2 Å². The van der Waals surface area contributed by atoms with Crippen molar-refractivity contribution in [2.45, 2.75) is 45.6 Å². The van der Waals surface area contributed by atoms with E-state index in [9.17, 15) is 9.59 Å². The zero-order chi connectivity index (χ0) is 23.4. The smallest absolute Gasteiger partial charge is 0.410 e. The summed E-state index contributed by atoms with van der Waals surface area (Å²) < 4.78 is 11.0. The van der Waals surface area contributed by atoms with Crippen LogP contribution in [0, 0.1) is 0 Å². The van der Waals surface area contributed by atoms with E-state index in [2.05, 4.69) is 29.2 Å². The Hall–Kier alpha value is -3.06. The zero-order valence-corrected chi connectivity index (χ0v) is 19.7. The molecule has 176 valence electrons. The van der Waals surface area contributed by atoms with Gasteiger partial charge in [-0.1, -0.05) is 54.6 Å². The summed E-state index contributed by atoms with van der Waals surface area (Å²) in [5, 5.41) is 0. The van der Waals surface area contributed by atoms with Gasteiger partial charge in [-0.05, 0) is 37.5 Å². The van der Waals surface area contributed by atoms with Crippen molar-refractivity contribution in [1.29, 1.82) is 0 Å². The predicted octanol–water partition coefficient (Wildman–Crippen LogP) is 4.43. The molecule has 0 N–H and O–H groups in total. The van der Waals surface area contributed by atoms with Crippen molar-refractivity contribution in [1.82, 2.24) is 14.7 Å². The van der Waals surface area contributed by atoms with Crippen LogP contribution in [0.2, 0.25) is 0 Å². The Balaban J connectivity index is 1.25. The lowest BCUT2D eigenvalue weighted by atomic mass is 10.1. The molecule has 2 aliphatic rings. The fourth-order valence-electron chi connectivity index (χ4n) is 4.12. The van der Waals surface area contributed by atoms with Gasteiger partial charge in [0.25, 0.3) is 0 Å². The SMILES string of the molecule is CC(C)(C)OC(=O)N1CCN(Cc2ccc(CN3CC(c4ccccc4)OC3=O)cc2)CC1. The molecule has 2 aromatic carbocycles. The second-order valence-corrected chi connectivity index (χ2v) is 9.72. The summed E-state index contributed by atoms with van der Waals surface area (Å²) in [5.41, 5.74) is 2.86. The van der Waals surface area contributed by atoms with Gasteiger partial charge >= 0.3 is 12.2 Å². The van der Waals surface area contributed by atoms with Crippen molar-refractivity contribution >= 4 is 12.2 Å². The third-order valence-electron chi connectivity index (χ3n) is 5.89. The summed E-state index contributed by atoms with van der Waals surface area (Å²) in [5.74, 6) is 0. The number of carbonyl (C=O) groups is 2. The highest BCUT2D eigenvalue weighted by Gasteiger charge is 2.32. The van der Waals surface area contributed by atoms with Crippen LogP contribution in [0.4, 0.5) is 9.59 Å². The fourth-order valence-corrected chi connectivity index (χ4v) is 4.12. The molecule has 2 aromatic rings. The van der Waals surface area contributed by atoms with E-state index in [1.165, 1.54) is 5.56 Å². The molecule has 33 heavy (non-hydrogen) atoms. The predicted molar refractivity (Wildman–Crippen MR) is 126 cm³/mol. The number of hydrogen-bond donors (Lipinski definition) is 0.